The van der Waals surface area contributed by atoms with E-state index < -0.39 is 13.3 Å². The predicted octanol–water partition coefficient (Wildman–Crippen LogP) is 2.20. The maximum atomic E-state index is 2.48. The Bertz CT molecular complexity index is 93.9. The van der Waals surface area contributed by atoms with E-state index in [9.17, 15) is 0 Å². The van der Waals surface area contributed by atoms with Crippen molar-refractivity contribution in [3.8, 4) is 0 Å². The monoisotopic (exact) mass is 205 g/mol. The molecule has 0 radical (unpaired) electrons. The Kier molecular flexibility index (Phi) is 3.96. The average Bonchev–Trinajstić information content (AvgIpc) is 1.60. The SMILES string of the molecule is CC[CH](N(C)C)[Ge]([CH3])([CH3])[CH3]. The van der Waals surface area contributed by atoms with Crippen LogP contribution in [0.3, 0.4) is 0 Å². The van der Waals surface area contributed by atoms with Gasteiger partial charge in [0.1, 0.15) is 0 Å². The molecule has 0 aromatic heterocycles. The molecule has 10 heavy (non-hydrogen) atoms. The van der Waals surface area contributed by atoms with Gasteiger partial charge in [0.05, 0.1) is 0 Å². The van der Waals surface area contributed by atoms with Crippen LogP contribution in [0.2, 0.25) is 17.3 Å². The second kappa shape index (κ2) is 3.77. The number of rotatable bonds is 3. The molecule has 1 nitrogen and oxygen atoms in total. The fraction of sp³-hybridized carbons (Fsp3) is 1.00. The van der Waals surface area contributed by atoms with Gasteiger partial charge in [-0.3, -0.25) is 0 Å². The third kappa shape index (κ3) is 3.06. The van der Waals surface area contributed by atoms with Crippen LogP contribution in [-0.4, -0.2) is 37.1 Å². The van der Waals surface area contributed by atoms with Gasteiger partial charge in [-0.25, -0.2) is 0 Å². The summed E-state index contributed by atoms with van der Waals surface area (Å²) in [5.41, 5.74) is 0. The third-order valence-corrected chi connectivity index (χ3v) is 8.14. The van der Waals surface area contributed by atoms with Crippen LogP contribution in [0.25, 0.3) is 0 Å². The molecule has 0 aliphatic heterocycles. The molecule has 0 aliphatic rings. The molecule has 0 aromatic rings. The van der Waals surface area contributed by atoms with Crippen molar-refractivity contribution >= 4 is 13.3 Å². The normalized spacial score (nSPS) is 15.9. The molecule has 0 saturated heterocycles. The van der Waals surface area contributed by atoms with E-state index in [1.165, 1.54) is 6.42 Å². The van der Waals surface area contributed by atoms with Crippen LogP contribution < -0.4 is 0 Å². The summed E-state index contributed by atoms with van der Waals surface area (Å²) in [7, 11) is 4.40. The molecular weight excluding hydrogens is 183 g/mol. The summed E-state index contributed by atoms with van der Waals surface area (Å²) in [6, 6.07) is 0. The summed E-state index contributed by atoms with van der Waals surface area (Å²) in [5.74, 6) is 7.44. The first-order chi connectivity index (χ1) is 4.39. The summed E-state index contributed by atoms with van der Waals surface area (Å²) in [5, 5.41) is 0. The van der Waals surface area contributed by atoms with Crippen molar-refractivity contribution < 1.29 is 0 Å². The van der Waals surface area contributed by atoms with Crippen molar-refractivity contribution in [1.29, 1.82) is 0 Å². The maximum absolute atomic E-state index is 2.48. The van der Waals surface area contributed by atoms with Crippen LogP contribution in [-0.2, 0) is 0 Å². The Balaban J connectivity index is 4.07. The van der Waals surface area contributed by atoms with Crippen molar-refractivity contribution in [3.05, 3.63) is 0 Å². The van der Waals surface area contributed by atoms with Crippen molar-refractivity contribution in [2.75, 3.05) is 14.1 Å². The molecule has 0 spiro atoms. The van der Waals surface area contributed by atoms with Gasteiger partial charge in [0, 0.05) is 0 Å². The second-order valence-electron chi connectivity index (χ2n) is 4.25. The Labute approximate surface area is 68.2 Å². The molecule has 0 heterocycles. The molecule has 2 heteroatoms. The van der Waals surface area contributed by atoms with Gasteiger partial charge in [0.15, 0.2) is 0 Å². The van der Waals surface area contributed by atoms with Gasteiger partial charge in [-0.15, -0.1) is 0 Å². The Morgan fingerprint density at radius 1 is 1.20 bits per heavy atom. The molecule has 0 saturated carbocycles. The van der Waals surface area contributed by atoms with Crippen LogP contribution in [0, 0.1) is 0 Å². The summed E-state index contributed by atoms with van der Waals surface area (Å²) in [6.45, 7) is 2.29. The van der Waals surface area contributed by atoms with Crippen molar-refractivity contribution in [2.24, 2.45) is 0 Å². The van der Waals surface area contributed by atoms with Gasteiger partial charge in [-0.05, 0) is 0 Å². The van der Waals surface area contributed by atoms with Crippen LogP contribution in [0.5, 0.6) is 0 Å². The topological polar surface area (TPSA) is 3.24 Å². The average molecular weight is 204 g/mol. The molecule has 0 bridgehead atoms. The first-order valence-corrected chi connectivity index (χ1v) is 11.6. The van der Waals surface area contributed by atoms with E-state index in [0.717, 1.165) is 4.87 Å². The van der Waals surface area contributed by atoms with Crippen LogP contribution >= 0.6 is 0 Å². The summed E-state index contributed by atoms with van der Waals surface area (Å²) in [6.07, 6.45) is 1.32. The zero-order valence-electron chi connectivity index (χ0n) is 8.23. The van der Waals surface area contributed by atoms with Gasteiger partial charge in [0.25, 0.3) is 0 Å². The van der Waals surface area contributed by atoms with Crippen molar-refractivity contribution in [1.82, 2.24) is 4.90 Å². The van der Waals surface area contributed by atoms with Gasteiger partial charge in [-0.2, -0.15) is 0 Å². The Hall–Kier alpha value is 0.503. The van der Waals surface area contributed by atoms with Crippen LogP contribution in [0.4, 0.5) is 0 Å². The van der Waals surface area contributed by atoms with Gasteiger partial charge in [0.2, 0.25) is 0 Å². The molecule has 0 N–H and O–H groups in total. The van der Waals surface area contributed by atoms with Gasteiger partial charge in [-0.1, -0.05) is 0 Å². The molecule has 0 amide bonds. The molecule has 0 fully saturated rings. The minimum atomic E-state index is -1.39. The molecule has 0 aromatic carbocycles. The quantitative estimate of drug-likeness (QED) is 0.636. The van der Waals surface area contributed by atoms with Gasteiger partial charge < -0.3 is 0 Å². The molecule has 1 unspecified atom stereocenters. The zero-order valence-corrected chi connectivity index (χ0v) is 10.3. The first-order valence-electron chi connectivity index (χ1n) is 4.06. The van der Waals surface area contributed by atoms with E-state index in [2.05, 4.69) is 43.2 Å². The molecule has 0 rings (SSSR count). The van der Waals surface area contributed by atoms with E-state index >= 15 is 0 Å². The summed E-state index contributed by atoms with van der Waals surface area (Å²) < 4.78 is 0. The third-order valence-electron chi connectivity index (χ3n) is 2.01. The van der Waals surface area contributed by atoms with Crippen LogP contribution in [0.15, 0.2) is 0 Å². The molecular formula is C8H21GeN. The first kappa shape index (κ1) is 10.5. The molecule has 62 valence electrons. The standard InChI is InChI=1S/C8H21GeN/c1-7-8(10(5)6)9(2,3)4/h8H,7H2,1-6H3. The summed E-state index contributed by atoms with van der Waals surface area (Å²) in [4.78, 5) is 3.28. The number of hydrogen-bond donors (Lipinski definition) is 0. The fourth-order valence-corrected chi connectivity index (χ4v) is 7.57. The van der Waals surface area contributed by atoms with Crippen molar-refractivity contribution in [2.45, 2.75) is 35.5 Å². The van der Waals surface area contributed by atoms with E-state index in [0.29, 0.717) is 0 Å². The Morgan fingerprint density at radius 3 is 1.60 bits per heavy atom. The van der Waals surface area contributed by atoms with Crippen molar-refractivity contribution in [3.63, 3.8) is 0 Å². The second-order valence-corrected chi connectivity index (χ2v) is 15.6. The van der Waals surface area contributed by atoms with E-state index in [1.807, 2.05) is 0 Å². The zero-order chi connectivity index (χ0) is 8.36. The van der Waals surface area contributed by atoms with E-state index in [1.54, 1.807) is 0 Å². The number of hydrogen-bond acceptors (Lipinski definition) is 1. The minimum absolute atomic E-state index is 0.889. The fourth-order valence-electron chi connectivity index (χ4n) is 1.75. The Morgan fingerprint density at radius 2 is 1.60 bits per heavy atom. The molecule has 1 atom stereocenters. The van der Waals surface area contributed by atoms with E-state index in [4.69, 9.17) is 0 Å². The molecule has 0 aliphatic carbocycles. The van der Waals surface area contributed by atoms with E-state index in [-0.39, 0.29) is 0 Å². The van der Waals surface area contributed by atoms with Crippen LogP contribution in [0.1, 0.15) is 13.3 Å². The van der Waals surface area contributed by atoms with Gasteiger partial charge >= 0.3 is 67.7 Å². The number of nitrogens with zero attached hydrogens (tertiary/aromatic N) is 1. The summed E-state index contributed by atoms with van der Waals surface area (Å²) >= 11 is -1.39. The predicted molar refractivity (Wildman–Crippen MR) is 51.1 cm³/mol.